The Kier molecular flexibility index (Phi) is 5.76. The van der Waals surface area contributed by atoms with E-state index in [-0.39, 0.29) is 12.6 Å². The van der Waals surface area contributed by atoms with E-state index in [1.54, 1.807) is 0 Å². The van der Waals surface area contributed by atoms with Crippen LogP contribution in [0.4, 0.5) is 4.79 Å². The van der Waals surface area contributed by atoms with E-state index in [9.17, 15) is 9.59 Å². The van der Waals surface area contributed by atoms with Crippen molar-refractivity contribution in [2.75, 3.05) is 26.3 Å². The first kappa shape index (κ1) is 13.8. The predicted octanol–water partition coefficient (Wildman–Crippen LogP) is 0.672. The number of nitrogens with zero attached hydrogens (tertiary/aromatic N) is 1. The van der Waals surface area contributed by atoms with Crippen LogP contribution in [0.5, 0.6) is 0 Å². The largest absolute Gasteiger partial charge is 0.480 e. The minimum absolute atomic E-state index is 0.0672. The highest BCUT2D eigenvalue weighted by Crippen LogP contribution is 2.07. The van der Waals surface area contributed by atoms with Gasteiger partial charge in [-0.1, -0.05) is 19.8 Å². The Hall–Kier alpha value is -1.30. The van der Waals surface area contributed by atoms with Gasteiger partial charge in [0.15, 0.2) is 6.04 Å². The molecule has 0 aliphatic carbocycles. The van der Waals surface area contributed by atoms with E-state index < -0.39 is 12.0 Å². The molecular formula is C11H20N2O4. The maximum atomic E-state index is 11.8. The molecule has 1 heterocycles. The van der Waals surface area contributed by atoms with E-state index >= 15 is 0 Å². The Morgan fingerprint density at radius 1 is 1.47 bits per heavy atom. The van der Waals surface area contributed by atoms with Crippen LogP contribution in [0.15, 0.2) is 0 Å². The van der Waals surface area contributed by atoms with Crippen molar-refractivity contribution in [1.82, 2.24) is 10.2 Å². The summed E-state index contributed by atoms with van der Waals surface area (Å²) >= 11 is 0. The van der Waals surface area contributed by atoms with E-state index in [0.717, 1.165) is 19.3 Å². The number of hydrogen-bond donors (Lipinski definition) is 2. The van der Waals surface area contributed by atoms with Crippen LogP contribution in [-0.2, 0) is 9.53 Å². The number of hydrogen-bond acceptors (Lipinski definition) is 3. The maximum Gasteiger partial charge on any atom is 0.328 e. The molecule has 0 bridgehead atoms. The van der Waals surface area contributed by atoms with Gasteiger partial charge in [0.05, 0.1) is 13.2 Å². The van der Waals surface area contributed by atoms with E-state index in [4.69, 9.17) is 9.84 Å². The average Bonchev–Trinajstić information content (AvgIpc) is 2.34. The summed E-state index contributed by atoms with van der Waals surface area (Å²) in [7, 11) is 0. The number of rotatable bonds is 5. The molecule has 6 nitrogen and oxygen atoms in total. The molecule has 0 aromatic heterocycles. The molecule has 1 aliphatic rings. The summed E-state index contributed by atoms with van der Waals surface area (Å²) in [5, 5.41) is 11.7. The Bertz CT molecular complexity index is 270. The van der Waals surface area contributed by atoms with Gasteiger partial charge < -0.3 is 20.1 Å². The van der Waals surface area contributed by atoms with E-state index in [1.165, 1.54) is 4.90 Å². The molecule has 17 heavy (non-hydrogen) atoms. The molecule has 1 rings (SSSR count). The molecule has 98 valence electrons. The number of urea groups is 1. The van der Waals surface area contributed by atoms with Crippen molar-refractivity contribution in [3.05, 3.63) is 0 Å². The smallest absolute Gasteiger partial charge is 0.328 e. The zero-order chi connectivity index (χ0) is 12.7. The number of ether oxygens (including phenoxy) is 1. The lowest BCUT2D eigenvalue weighted by Gasteiger charge is -2.32. The Morgan fingerprint density at radius 2 is 2.24 bits per heavy atom. The summed E-state index contributed by atoms with van der Waals surface area (Å²) in [6.07, 6.45) is 3.07. The summed E-state index contributed by atoms with van der Waals surface area (Å²) in [6.45, 7) is 3.47. The maximum absolute atomic E-state index is 11.8. The van der Waals surface area contributed by atoms with Crippen molar-refractivity contribution in [3.63, 3.8) is 0 Å². The fourth-order valence-corrected chi connectivity index (χ4v) is 1.72. The lowest BCUT2D eigenvalue weighted by atomic mass is 10.2. The highest BCUT2D eigenvalue weighted by molar-refractivity contribution is 5.82. The lowest BCUT2D eigenvalue weighted by molar-refractivity contribution is -0.147. The van der Waals surface area contributed by atoms with Gasteiger partial charge in [-0.15, -0.1) is 0 Å². The highest BCUT2D eigenvalue weighted by atomic mass is 16.5. The van der Waals surface area contributed by atoms with Crippen molar-refractivity contribution >= 4 is 12.0 Å². The Labute approximate surface area is 101 Å². The van der Waals surface area contributed by atoms with Crippen LogP contribution in [0, 0.1) is 0 Å². The fraction of sp³-hybridized carbons (Fsp3) is 0.818. The molecule has 6 heteroatoms. The monoisotopic (exact) mass is 244 g/mol. The van der Waals surface area contributed by atoms with Gasteiger partial charge in [-0.25, -0.2) is 9.59 Å². The fourth-order valence-electron chi connectivity index (χ4n) is 1.72. The van der Waals surface area contributed by atoms with Crippen LogP contribution in [0.3, 0.4) is 0 Å². The Morgan fingerprint density at radius 3 is 2.88 bits per heavy atom. The first-order valence-corrected chi connectivity index (χ1v) is 6.01. The molecule has 1 unspecified atom stereocenters. The van der Waals surface area contributed by atoms with Crippen LogP contribution in [0.1, 0.15) is 26.2 Å². The average molecular weight is 244 g/mol. The quantitative estimate of drug-likeness (QED) is 0.697. The summed E-state index contributed by atoms with van der Waals surface area (Å²) in [5.41, 5.74) is 0. The second kappa shape index (κ2) is 7.11. The second-order valence-corrected chi connectivity index (χ2v) is 4.06. The van der Waals surface area contributed by atoms with E-state index in [1.807, 2.05) is 0 Å². The van der Waals surface area contributed by atoms with Crippen molar-refractivity contribution in [2.45, 2.75) is 32.2 Å². The highest BCUT2D eigenvalue weighted by Gasteiger charge is 2.32. The third kappa shape index (κ3) is 4.22. The molecule has 0 aromatic rings. The molecule has 1 saturated heterocycles. The number of amides is 2. The SMILES string of the molecule is CCCCCNC(=O)N1CCOCC1C(=O)O. The third-order valence-electron chi connectivity index (χ3n) is 2.73. The van der Waals surface area contributed by atoms with Crippen LogP contribution >= 0.6 is 0 Å². The van der Waals surface area contributed by atoms with Crippen molar-refractivity contribution < 1.29 is 19.4 Å². The molecule has 0 aromatic carbocycles. The molecular weight excluding hydrogens is 224 g/mol. The molecule has 0 saturated carbocycles. The number of carbonyl (C=O) groups excluding carboxylic acids is 1. The number of unbranched alkanes of at least 4 members (excludes halogenated alkanes) is 2. The van der Waals surface area contributed by atoms with Gasteiger partial charge in [0.25, 0.3) is 0 Å². The number of morpholine rings is 1. The van der Waals surface area contributed by atoms with Crippen molar-refractivity contribution in [2.24, 2.45) is 0 Å². The summed E-state index contributed by atoms with van der Waals surface area (Å²) in [6, 6.07) is -1.17. The normalized spacial score (nSPS) is 20.1. The standard InChI is InChI=1S/C11H20N2O4/c1-2-3-4-5-12-11(16)13-6-7-17-8-9(13)10(14)15/h9H,2-8H2,1H3,(H,12,16)(H,14,15). The lowest BCUT2D eigenvalue weighted by Crippen LogP contribution is -2.55. The van der Waals surface area contributed by atoms with Gasteiger partial charge >= 0.3 is 12.0 Å². The minimum Gasteiger partial charge on any atom is -0.480 e. The zero-order valence-electron chi connectivity index (χ0n) is 10.1. The van der Waals surface area contributed by atoms with Crippen LogP contribution < -0.4 is 5.32 Å². The predicted molar refractivity (Wildman–Crippen MR) is 61.9 cm³/mol. The van der Waals surface area contributed by atoms with Gasteiger partial charge in [0.1, 0.15) is 0 Å². The van der Waals surface area contributed by atoms with Gasteiger partial charge in [-0.2, -0.15) is 0 Å². The molecule has 1 fully saturated rings. The minimum atomic E-state index is -1.02. The Balaban J connectivity index is 2.39. The van der Waals surface area contributed by atoms with Crippen molar-refractivity contribution in [3.8, 4) is 0 Å². The van der Waals surface area contributed by atoms with E-state index in [0.29, 0.717) is 19.7 Å². The van der Waals surface area contributed by atoms with Gasteiger partial charge in [-0.05, 0) is 6.42 Å². The van der Waals surface area contributed by atoms with Gasteiger partial charge in [0, 0.05) is 13.1 Å². The molecule has 2 amide bonds. The van der Waals surface area contributed by atoms with Gasteiger partial charge in [-0.3, -0.25) is 0 Å². The summed E-state index contributed by atoms with van der Waals surface area (Å²) in [5.74, 6) is -1.02. The van der Waals surface area contributed by atoms with Crippen molar-refractivity contribution in [1.29, 1.82) is 0 Å². The number of nitrogens with one attached hydrogen (secondary N) is 1. The molecule has 2 N–H and O–H groups in total. The summed E-state index contributed by atoms with van der Waals surface area (Å²) in [4.78, 5) is 24.0. The molecule has 0 spiro atoms. The topological polar surface area (TPSA) is 78.9 Å². The van der Waals surface area contributed by atoms with Gasteiger partial charge in [0.2, 0.25) is 0 Å². The first-order valence-electron chi connectivity index (χ1n) is 6.01. The number of carbonyl (C=O) groups is 2. The summed E-state index contributed by atoms with van der Waals surface area (Å²) < 4.78 is 5.06. The van der Waals surface area contributed by atoms with Crippen LogP contribution in [0.25, 0.3) is 0 Å². The molecule has 1 atom stereocenters. The molecule has 1 aliphatic heterocycles. The van der Waals surface area contributed by atoms with Crippen LogP contribution in [0.2, 0.25) is 0 Å². The zero-order valence-corrected chi connectivity index (χ0v) is 10.1. The van der Waals surface area contributed by atoms with Crippen LogP contribution in [-0.4, -0.2) is 54.4 Å². The number of carboxylic acid groups (broad SMARTS) is 1. The number of aliphatic carboxylic acids is 1. The third-order valence-corrected chi connectivity index (χ3v) is 2.73. The first-order chi connectivity index (χ1) is 8.16. The number of carboxylic acids is 1. The second-order valence-electron chi connectivity index (χ2n) is 4.06. The molecule has 0 radical (unpaired) electrons. The van der Waals surface area contributed by atoms with E-state index in [2.05, 4.69) is 12.2 Å².